The summed E-state index contributed by atoms with van der Waals surface area (Å²) in [6.07, 6.45) is 1.36. The molecule has 0 aliphatic heterocycles. The fourth-order valence-corrected chi connectivity index (χ4v) is 1.80. The summed E-state index contributed by atoms with van der Waals surface area (Å²) in [5.41, 5.74) is 0.392. The van der Waals surface area contributed by atoms with Gasteiger partial charge in [0.05, 0.1) is 22.1 Å². The normalized spacial score (nSPS) is 11.4. The Morgan fingerprint density at radius 3 is 2.79 bits per heavy atom. The summed E-state index contributed by atoms with van der Waals surface area (Å²) in [4.78, 5) is 3.79. The van der Waals surface area contributed by atoms with Gasteiger partial charge in [-0.05, 0) is 28.9 Å². The second-order valence-corrected chi connectivity index (χ2v) is 5.73. The van der Waals surface area contributed by atoms with Crippen molar-refractivity contribution in [3.63, 3.8) is 0 Å². The first-order chi connectivity index (χ1) is 6.44. The molecule has 0 amide bonds. The molecule has 0 saturated carbocycles. The van der Waals surface area contributed by atoms with Crippen LogP contribution in [0, 0.1) is 0 Å². The molecule has 0 fully saturated rings. The number of anilines is 1. The van der Waals surface area contributed by atoms with Gasteiger partial charge in [-0.2, -0.15) is 0 Å². The van der Waals surface area contributed by atoms with Crippen molar-refractivity contribution in [2.75, 3.05) is 10.5 Å². The molecule has 1 rings (SSSR count). The monoisotopic (exact) mass is 298 g/mol. The Morgan fingerprint density at radius 1 is 1.64 bits per heavy atom. The molecule has 4 nitrogen and oxygen atoms in total. The molecule has 0 bridgehead atoms. The van der Waals surface area contributed by atoms with Crippen molar-refractivity contribution in [2.45, 2.75) is 6.92 Å². The van der Waals surface area contributed by atoms with Gasteiger partial charge >= 0.3 is 0 Å². The van der Waals surface area contributed by atoms with Crippen LogP contribution in [0.25, 0.3) is 0 Å². The molecule has 0 atom stereocenters. The van der Waals surface area contributed by atoms with Gasteiger partial charge in [-0.25, -0.2) is 13.4 Å². The van der Waals surface area contributed by atoms with E-state index < -0.39 is 10.0 Å². The maximum absolute atomic E-state index is 11.2. The van der Waals surface area contributed by atoms with Gasteiger partial charge in [-0.3, -0.25) is 4.72 Å². The smallest absolute Gasteiger partial charge is 0.232 e. The van der Waals surface area contributed by atoms with Crippen molar-refractivity contribution in [3.8, 4) is 0 Å². The number of pyridine rings is 1. The lowest BCUT2D eigenvalue weighted by Gasteiger charge is -2.05. The predicted molar refractivity (Wildman–Crippen MR) is 60.0 cm³/mol. The SMILES string of the molecule is CCS(=O)(=O)Nc1cnc(Cl)c(Br)c1. The standard InChI is InChI=1S/C7H8BrClN2O2S/c1-2-14(12,13)11-5-3-6(8)7(9)10-4-5/h3-4,11H,2H2,1H3. The number of rotatable bonds is 3. The minimum atomic E-state index is -3.26. The van der Waals surface area contributed by atoms with Crippen LogP contribution < -0.4 is 4.72 Å². The molecule has 0 spiro atoms. The van der Waals surface area contributed by atoms with E-state index in [0.717, 1.165) is 0 Å². The fourth-order valence-electron chi connectivity index (χ4n) is 0.729. The number of aromatic nitrogens is 1. The van der Waals surface area contributed by atoms with Crippen molar-refractivity contribution in [1.29, 1.82) is 0 Å². The average molecular weight is 300 g/mol. The Balaban J connectivity index is 2.94. The summed E-state index contributed by atoms with van der Waals surface area (Å²) in [5, 5.41) is 0.296. The van der Waals surface area contributed by atoms with Gasteiger partial charge in [-0.15, -0.1) is 0 Å². The molecule has 0 aliphatic carbocycles. The molecule has 14 heavy (non-hydrogen) atoms. The molecule has 1 N–H and O–H groups in total. The molecule has 0 aliphatic rings. The van der Waals surface area contributed by atoms with Crippen LogP contribution in [0.4, 0.5) is 5.69 Å². The molecular weight excluding hydrogens is 292 g/mol. The van der Waals surface area contributed by atoms with Crippen LogP contribution in [0.5, 0.6) is 0 Å². The lowest BCUT2D eigenvalue weighted by atomic mass is 10.4. The van der Waals surface area contributed by atoms with Gasteiger partial charge in [0.15, 0.2) is 0 Å². The third-order valence-corrected chi connectivity index (χ3v) is 3.89. The molecule has 0 unspecified atom stereocenters. The van der Waals surface area contributed by atoms with E-state index in [4.69, 9.17) is 11.6 Å². The maximum Gasteiger partial charge on any atom is 0.232 e. The lowest BCUT2D eigenvalue weighted by molar-refractivity contribution is 0.602. The Morgan fingerprint density at radius 2 is 2.29 bits per heavy atom. The Kier molecular flexibility index (Phi) is 3.74. The summed E-state index contributed by atoms with van der Waals surface area (Å²) in [7, 11) is -3.26. The van der Waals surface area contributed by atoms with Gasteiger partial charge in [0, 0.05) is 0 Å². The Hall–Kier alpha value is -0.330. The van der Waals surface area contributed by atoms with Gasteiger partial charge in [-0.1, -0.05) is 11.6 Å². The zero-order valence-electron chi connectivity index (χ0n) is 7.29. The van der Waals surface area contributed by atoms with Crippen LogP contribution in [-0.4, -0.2) is 19.2 Å². The molecule has 78 valence electrons. The second-order valence-electron chi connectivity index (χ2n) is 2.50. The number of sulfonamides is 1. The minimum absolute atomic E-state index is 0.0211. The van der Waals surface area contributed by atoms with Crippen molar-refractivity contribution in [1.82, 2.24) is 4.98 Å². The summed E-state index contributed by atoms with van der Waals surface area (Å²) >= 11 is 8.80. The zero-order chi connectivity index (χ0) is 10.8. The fraction of sp³-hybridized carbons (Fsp3) is 0.286. The molecule has 0 radical (unpaired) electrons. The van der Waals surface area contributed by atoms with E-state index in [1.165, 1.54) is 6.20 Å². The van der Waals surface area contributed by atoms with E-state index >= 15 is 0 Å². The van der Waals surface area contributed by atoms with Gasteiger partial charge < -0.3 is 0 Å². The predicted octanol–water partition coefficient (Wildman–Crippen LogP) is 2.26. The third kappa shape index (κ3) is 3.11. The van der Waals surface area contributed by atoms with E-state index in [2.05, 4.69) is 25.6 Å². The topological polar surface area (TPSA) is 59.1 Å². The van der Waals surface area contributed by atoms with Crippen LogP contribution in [-0.2, 0) is 10.0 Å². The van der Waals surface area contributed by atoms with Gasteiger partial charge in [0.2, 0.25) is 10.0 Å². The third-order valence-electron chi connectivity index (χ3n) is 1.45. The first-order valence-corrected chi connectivity index (χ1v) is 6.58. The maximum atomic E-state index is 11.2. The van der Waals surface area contributed by atoms with E-state index in [1.807, 2.05) is 0 Å². The minimum Gasteiger partial charge on any atom is -0.282 e. The number of nitrogens with zero attached hydrogens (tertiary/aromatic N) is 1. The van der Waals surface area contributed by atoms with Crippen molar-refractivity contribution in [3.05, 3.63) is 21.9 Å². The highest BCUT2D eigenvalue weighted by molar-refractivity contribution is 9.10. The summed E-state index contributed by atoms with van der Waals surface area (Å²) < 4.78 is 25.3. The lowest BCUT2D eigenvalue weighted by Crippen LogP contribution is -2.14. The van der Waals surface area contributed by atoms with Crippen molar-refractivity contribution >= 4 is 43.2 Å². The number of hydrogen-bond acceptors (Lipinski definition) is 3. The zero-order valence-corrected chi connectivity index (χ0v) is 10.4. The summed E-state index contributed by atoms with van der Waals surface area (Å²) in [5.74, 6) is 0.0211. The quantitative estimate of drug-likeness (QED) is 0.871. The highest BCUT2D eigenvalue weighted by Gasteiger charge is 2.08. The van der Waals surface area contributed by atoms with Crippen molar-refractivity contribution < 1.29 is 8.42 Å². The van der Waals surface area contributed by atoms with Crippen LogP contribution >= 0.6 is 27.5 Å². The number of hydrogen-bond donors (Lipinski definition) is 1. The van der Waals surface area contributed by atoms with Crippen LogP contribution in [0.1, 0.15) is 6.92 Å². The molecular formula is C7H8BrClN2O2S. The molecule has 7 heteroatoms. The molecule has 1 aromatic heterocycles. The summed E-state index contributed by atoms with van der Waals surface area (Å²) in [6.45, 7) is 1.56. The molecule has 1 aromatic rings. The van der Waals surface area contributed by atoms with E-state index in [-0.39, 0.29) is 5.75 Å². The van der Waals surface area contributed by atoms with Gasteiger partial charge in [0.25, 0.3) is 0 Å². The van der Waals surface area contributed by atoms with Crippen LogP contribution in [0.2, 0.25) is 5.15 Å². The first kappa shape index (κ1) is 11.7. The van der Waals surface area contributed by atoms with Crippen molar-refractivity contribution in [2.24, 2.45) is 0 Å². The average Bonchev–Trinajstić information content (AvgIpc) is 2.11. The Labute approximate surface area is 95.9 Å². The van der Waals surface area contributed by atoms with E-state index in [9.17, 15) is 8.42 Å². The van der Waals surface area contributed by atoms with Crippen LogP contribution in [0.3, 0.4) is 0 Å². The molecule has 1 heterocycles. The van der Waals surface area contributed by atoms with E-state index in [0.29, 0.717) is 15.3 Å². The van der Waals surface area contributed by atoms with Gasteiger partial charge in [0.1, 0.15) is 5.15 Å². The second kappa shape index (κ2) is 4.46. The van der Waals surface area contributed by atoms with Crippen LogP contribution in [0.15, 0.2) is 16.7 Å². The highest BCUT2D eigenvalue weighted by atomic mass is 79.9. The summed E-state index contributed by atoms with van der Waals surface area (Å²) in [6, 6.07) is 1.56. The molecule has 0 saturated heterocycles. The molecule has 0 aromatic carbocycles. The number of nitrogens with one attached hydrogen (secondary N) is 1. The highest BCUT2D eigenvalue weighted by Crippen LogP contribution is 2.23. The van der Waals surface area contributed by atoms with E-state index in [1.54, 1.807) is 13.0 Å². The first-order valence-electron chi connectivity index (χ1n) is 3.76. The Bertz CT molecular complexity index is 435. The largest absolute Gasteiger partial charge is 0.282 e. The number of halogens is 2.